The van der Waals surface area contributed by atoms with Crippen molar-refractivity contribution in [3.63, 3.8) is 0 Å². The van der Waals surface area contributed by atoms with E-state index in [0.717, 1.165) is 23.4 Å². The van der Waals surface area contributed by atoms with E-state index >= 15 is 0 Å². The summed E-state index contributed by atoms with van der Waals surface area (Å²) in [7, 11) is 0. The fraction of sp³-hybridized carbons (Fsp3) is 0.0455. The second-order valence-electron chi connectivity index (χ2n) is 6.61. The molecule has 0 unspecified atom stereocenters. The maximum atomic E-state index is 12.5. The fourth-order valence-corrected chi connectivity index (χ4v) is 3.46. The van der Waals surface area contributed by atoms with Gasteiger partial charge in [0.05, 0.1) is 18.0 Å². The van der Waals surface area contributed by atoms with E-state index in [1.807, 2.05) is 64.0 Å². The predicted octanol–water partition coefficient (Wildman–Crippen LogP) is 3.63. The number of benzene rings is 2. The molecule has 136 valence electrons. The van der Waals surface area contributed by atoms with Crippen LogP contribution in [0, 0.1) is 0 Å². The van der Waals surface area contributed by atoms with Crippen LogP contribution in [-0.4, -0.2) is 24.1 Å². The molecule has 0 aliphatic rings. The maximum Gasteiger partial charge on any atom is 0.260 e. The number of nitrogens with one attached hydrogen (secondary N) is 1. The van der Waals surface area contributed by atoms with Crippen LogP contribution < -0.4 is 5.56 Å². The summed E-state index contributed by atoms with van der Waals surface area (Å²) in [6.07, 6.45) is 8.94. The van der Waals surface area contributed by atoms with Crippen LogP contribution in [0.15, 0.2) is 90.6 Å². The molecule has 0 aliphatic heterocycles. The van der Waals surface area contributed by atoms with Crippen molar-refractivity contribution >= 4 is 11.0 Å². The Morgan fingerprint density at radius 2 is 1.82 bits per heavy atom. The SMILES string of the molecule is O=c1[nH]cnc2c1c(-c1ccccc1)cn2-c1ccc(Cn2ccnc2)cc1. The number of nitrogens with zero attached hydrogens (tertiary/aromatic N) is 4. The van der Waals surface area contributed by atoms with Crippen LogP contribution >= 0.6 is 0 Å². The molecule has 0 aliphatic carbocycles. The van der Waals surface area contributed by atoms with Crippen molar-refractivity contribution in [3.8, 4) is 16.8 Å². The zero-order chi connectivity index (χ0) is 18.9. The molecule has 0 radical (unpaired) electrons. The zero-order valence-corrected chi connectivity index (χ0v) is 15.0. The minimum absolute atomic E-state index is 0.140. The number of aromatic amines is 1. The van der Waals surface area contributed by atoms with Crippen molar-refractivity contribution in [2.45, 2.75) is 6.54 Å². The molecule has 1 N–H and O–H groups in total. The second-order valence-corrected chi connectivity index (χ2v) is 6.61. The number of aromatic nitrogens is 5. The summed E-state index contributed by atoms with van der Waals surface area (Å²) in [5.41, 5.74) is 4.49. The Morgan fingerprint density at radius 3 is 2.57 bits per heavy atom. The normalized spacial score (nSPS) is 11.1. The van der Waals surface area contributed by atoms with Gasteiger partial charge < -0.3 is 14.1 Å². The lowest BCUT2D eigenvalue weighted by Crippen LogP contribution is -2.07. The third-order valence-electron chi connectivity index (χ3n) is 4.81. The van der Waals surface area contributed by atoms with Crippen molar-refractivity contribution in [2.75, 3.05) is 0 Å². The quantitative estimate of drug-likeness (QED) is 0.527. The first-order chi connectivity index (χ1) is 13.8. The first-order valence-electron chi connectivity index (χ1n) is 8.99. The number of imidazole rings is 1. The van der Waals surface area contributed by atoms with Crippen LogP contribution in [0.5, 0.6) is 0 Å². The summed E-state index contributed by atoms with van der Waals surface area (Å²) in [4.78, 5) is 23.7. The van der Waals surface area contributed by atoms with Gasteiger partial charge in [0, 0.05) is 36.4 Å². The Hall–Kier alpha value is -3.93. The largest absolute Gasteiger partial charge is 0.333 e. The molecule has 0 saturated heterocycles. The third kappa shape index (κ3) is 2.81. The highest BCUT2D eigenvalue weighted by molar-refractivity contribution is 5.94. The van der Waals surface area contributed by atoms with E-state index < -0.39 is 0 Å². The average Bonchev–Trinajstić information content (AvgIpc) is 3.38. The molecule has 0 saturated carbocycles. The first kappa shape index (κ1) is 16.3. The predicted molar refractivity (Wildman–Crippen MR) is 108 cm³/mol. The molecule has 28 heavy (non-hydrogen) atoms. The zero-order valence-electron chi connectivity index (χ0n) is 15.0. The smallest absolute Gasteiger partial charge is 0.260 e. The highest BCUT2D eigenvalue weighted by atomic mass is 16.1. The fourth-order valence-electron chi connectivity index (χ4n) is 3.46. The van der Waals surface area contributed by atoms with Crippen LogP contribution in [-0.2, 0) is 6.54 Å². The Kier molecular flexibility index (Phi) is 3.87. The molecule has 0 atom stereocenters. The first-order valence-corrected chi connectivity index (χ1v) is 8.99. The van der Waals surface area contributed by atoms with Crippen molar-refractivity contribution in [3.05, 3.63) is 102 Å². The summed E-state index contributed by atoms with van der Waals surface area (Å²) >= 11 is 0. The van der Waals surface area contributed by atoms with E-state index in [0.29, 0.717) is 11.0 Å². The van der Waals surface area contributed by atoms with E-state index in [9.17, 15) is 4.79 Å². The Morgan fingerprint density at radius 1 is 1.00 bits per heavy atom. The highest BCUT2D eigenvalue weighted by Gasteiger charge is 2.15. The number of fused-ring (bicyclic) bond motifs is 1. The van der Waals surface area contributed by atoms with E-state index in [4.69, 9.17) is 0 Å². The number of hydrogen-bond acceptors (Lipinski definition) is 3. The molecule has 0 fully saturated rings. The topological polar surface area (TPSA) is 68.5 Å². The van der Waals surface area contributed by atoms with Crippen molar-refractivity contribution in [1.82, 2.24) is 24.1 Å². The molecule has 5 aromatic rings. The maximum absolute atomic E-state index is 12.5. The van der Waals surface area contributed by atoms with Gasteiger partial charge in [-0.2, -0.15) is 0 Å². The summed E-state index contributed by atoms with van der Waals surface area (Å²) in [6.45, 7) is 0.764. The Labute approximate surface area is 160 Å². The molecule has 0 bridgehead atoms. The Bertz CT molecular complexity index is 1280. The lowest BCUT2D eigenvalue weighted by molar-refractivity contribution is 0.797. The Balaban J connectivity index is 1.61. The molecule has 0 spiro atoms. The number of hydrogen-bond donors (Lipinski definition) is 1. The monoisotopic (exact) mass is 367 g/mol. The third-order valence-corrected chi connectivity index (χ3v) is 4.81. The van der Waals surface area contributed by atoms with Gasteiger partial charge in [-0.3, -0.25) is 4.79 Å². The van der Waals surface area contributed by atoms with Crippen LogP contribution in [0.25, 0.3) is 27.8 Å². The van der Waals surface area contributed by atoms with Gasteiger partial charge in [0.1, 0.15) is 0 Å². The molecular weight excluding hydrogens is 350 g/mol. The minimum atomic E-state index is -0.140. The van der Waals surface area contributed by atoms with Gasteiger partial charge in [-0.1, -0.05) is 42.5 Å². The van der Waals surface area contributed by atoms with Crippen LogP contribution in [0.4, 0.5) is 0 Å². The molecule has 6 nitrogen and oxygen atoms in total. The van der Waals surface area contributed by atoms with Crippen LogP contribution in [0.3, 0.4) is 0 Å². The lowest BCUT2D eigenvalue weighted by atomic mass is 10.1. The molecule has 6 heteroatoms. The number of H-pyrrole nitrogens is 1. The molecule has 5 rings (SSSR count). The summed E-state index contributed by atoms with van der Waals surface area (Å²) in [5.74, 6) is 0. The van der Waals surface area contributed by atoms with E-state index in [1.54, 1.807) is 12.5 Å². The minimum Gasteiger partial charge on any atom is -0.333 e. The summed E-state index contributed by atoms with van der Waals surface area (Å²) in [5, 5.41) is 0.594. The van der Waals surface area contributed by atoms with Crippen molar-refractivity contribution < 1.29 is 0 Å². The summed E-state index contributed by atoms with van der Waals surface area (Å²) in [6, 6.07) is 18.1. The average molecular weight is 367 g/mol. The molecule has 3 heterocycles. The number of rotatable bonds is 4. The standard InChI is InChI=1S/C22H17N5O/c28-22-20-19(17-4-2-1-3-5-17)13-27(21(20)24-14-25-22)18-8-6-16(7-9-18)12-26-11-10-23-15-26/h1-11,13-15H,12H2,(H,24,25,28). The van der Waals surface area contributed by atoms with Gasteiger partial charge >= 0.3 is 0 Å². The van der Waals surface area contributed by atoms with Gasteiger partial charge in [-0.25, -0.2) is 9.97 Å². The van der Waals surface area contributed by atoms with E-state index in [1.165, 1.54) is 11.9 Å². The van der Waals surface area contributed by atoms with E-state index in [2.05, 4.69) is 27.1 Å². The van der Waals surface area contributed by atoms with Crippen molar-refractivity contribution in [2.24, 2.45) is 0 Å². The van der Waals surface area contributed by atoms with Crippen LogP contribution in [0.1, 0.15) is 5.56 Å². The van der Waals surface area contributed by atoms with Crippen molar-refractivity contribution in [1.29, 1.82) is 0 Å². The molecule has 0 amide bonds. The van der Waals surface area contributed by atoms with Crippen LogP contribution in [0.2, 0.25) is 0 Å². The second kappa shape index (κ2) is 6.66. The molecular formula is C22H17N5O. The molecule has 2 aromatic carbocycles. The van der Waals surface area contributed by atoms with Gasteiger partial charge in [-0.15, -0.1) is 0 Å². The van der Waals surface area contributed by atoms with Gasteiger partial charge in [0.15, 0.2) is 5.65 Å². The lowest BCUT2D eigenvalue weighted by Gasteiger charge is -2.07. The highest BCUT2D eigenvalue weighted by Crippen LogP contribution is 2.29. The van der Waals surface area contributed by atoms with Gasteiger partial charge in [0.25, 0.3) is 5.56 Å². The van der Waals surface area contributed by atoms with E-state index in [-0.39, 0.29) is 5.56 Å². The van der Waals surface area contributed by atoms with Gasteiger partial charge in [0.2, 0.25) is 0 Å². The molecule has 3 aromatic heterocycles. The van der Waals surface area contributed by atoms with Gasteiger partial charge in [-0.05, 0) is 23.3 Å². The summed E-state index contributed by atoms with van der Waals surface area (Å²) < 4.78 is 3.99.